The third kappa shape index (κ3) is 4.67. The molecule has 1 aliphatic heterocycles. The molecule has 1 saturated heterocycles. The largest absolute Gasteiger partial charge is 0.334 e. The second-order valence-electron chi connectivity index (χ2n) is 6.58. The topological polar surface area (TPSA) is 49.4 Å². The number of rotatable bonds is 4. The summed E-state index contributed by atoms with van der Waals surface area (Å²) in [6.45, 7) is 1.29. The molecule has 0 aromatic heterocycles. The van der Waals surface area contributed by atoms with E-state index in [1.54, 1.807) is 16.7 Å². The Bertz CT molecular complexity index is 756. The number of carbonyl (C=O) groups excluding carboxylic acids is 2. The molecule has 3 rings (SSSR count). The second-order valence-corrected chi connectivity index (χ2v) is 7.43. The number of para-hydroxylation sites is 1. The summed E-state index contributed by atoms with van der Waals surface area (Å²) in [6, 6.07) is 18.0. The van der Waals surface area contributed by atoms with Crippen molar-refractivity contribution in [2.24, 2.45) is 5.92 Å². The van der Waals surface area contributed by atoms with E-state index in [4.69, 9.17) is 0 Å². The molecule has 2 aromatic rings. The Morgan fingerprint density at radius 3 is 2.38 bits per heavy atom. The molecule has 0 saturated carbocycles. The van der Waals surface area contributed by atoms with Crippen LogP contribution < -0.4 is 5.32 Å². The number of thioether (sulfide) groups is 1. The van der Waals surface area contributed by atoms with Crippen molar-refractivity contribution in [1.82, 2.24) is 4.90 Å². The fourth-order valence-electron chi connectivity index (χ4n) is 3.35. The molecule has 1 aliphatic rings. The maximum absolute atomic E-state index is 12.5. The SMILES string of the molecule is CSc1ccccc1NC(=O)C(=O)N1CCC(Cc2ccccc2)CC1. The zero-order chi connectivity index (χ0) is 18.4. The van der Waals surface area contributed by atoms with Crippen molar-refractivity contribution in [2.45, 2.75) is 24.2 Å². The van der Waals surface area contributed by atoms with Crippen LogP contribution in [0.25, 0.3) is 0 Å². The summed E-state index contributed by atoms with van der Waals surface area (Å²) in [7, 11) is 0. The minimum absolute atomic E-state index is 0.431. The lowest BCUT2D eigenvalue weighted by Gasteiger charge is -2.31. The molecule has 0 bridgehead atoms. The summed E-state index contributed by atoms with van der Waals surface area (Å²) >= 11 is 1.55. The van der Waals surface area contributed by atoms with Crippen LogP contribution in [-0.4, -0.2) is 36.1 Å². The molecule has 4 nitrogen and oxygen atoms in total. The molecule has 2 aromatic carbocycles. The summed E-state index contributed by atoms with van der Waals surface area (Å²) in [5, 5.41) is 2.76. The normalized spacial score (nSPS) is 14.9. The van der Waals surface area contributed by atoms with Gasteiger partial charge in [0.2, 0.25) is 0 Å². The highest BCUT2D eigenvalue weighted by molar-refractivity contribution is 7.98. The molecule has 1 N–H and O–H groups in total. The Hall–Kier alpha value is -2.27. The zero-order valence-electron chi connectivity index (χ0n) is 15.0. The number of amides is 2. The fraction of sp³-hybridized carbons (Fsp3) is 0.333. The van der Waals surface area contributed by atoms with Gasteiger partial charge in [0.05, 0.1) is 5.69 Å². The molecule has 1 fully saturated rings. The van der Waals surface area contributed by atoms with Gasteiger partial charge in [-0.3, -0.25) is 9.59 Å². The van der Waals surface area contributed by atoms with E-state index < -0.39 is 11.8 Å². The van der Waals surface area contributed by atoms with Gasteiger partial charge in [-0.25, -0.2) is 0 Å². The number of anilines is 1. The third-order valence-electron chi connectivity index (χ3n) is 4.82. The van der Waals surface area contributed by atoms with Crippen LogP contribution in [-0.2, 0) is 16.0 Å². The van der Waals surface area contributed by atoms with Crippen molar-refractivity contribution < 1.29 is 9.59 Å². The van der Waals surface area contributed by atoms with E-state index in [9.17, 15) is 9.59 Å². The Kier molecular flexibility index (Phi) is 6.34. The van der Waals surface area contributed by atoms with E-state index in [1.807, 2.05) is 36.6 Å². The number of hydrogen-bond donors (Lipinski definition) is 1. The standard InChI is InChI=1S/C21H24N2O2S/c1-26-19-10-6-5-9-18(19)22-20(24)21(25)23-13-11-17(12-14-23)15-16-7-3-2-4-8-16/h2-10,17H,11-15H2,1H3,(H,22,24). The average Bonchev–Trinajstić information content (AvgIpc) is 2.69. The van der Waals surface area contributed by atoms with Crippen LogP contribution in [0.3, 0.4) is 0 Å². The quantitative estimate of drug-likeness (QED) is 0.659. The number of carbonyl (C=O) groups is 2. The van der Waals surface area contributed by atoms with E-state index in [2.05, 4.69) is 29.6 Å². The summed E-state index contributed by atoms with van der Waals surface area (Å²) in [6.07, 6.45) is 4.87. The Labute approximate surface area is 159 Å². The lowest BCUT2D eigenvalue weighted by atomic mass is 9.90. The molecule has 0 radical (unpaired) electrons. The predicted octanol–water partition coefficient (Wildman–Crippen LogP) is 3.83. The summed E-state index contributed by atoms with van der Waals surface area (Å²) in [4.78, 5) is 27.4. The van der Waals surface area contributed by atoms with E-state index in [1.165, 1.54) is 5.56 Å². The molecule has 0 unspecified atom stereocenters. The van der Waals surface area contributed by atoms with Crippen molar-refractivity contribution in [3.63, 3.8) is 0 Å². The smallest absolute Gasteiger partial charge is 0.313 e. The van der Waals surface area contributed by atoms with Crippen LogP contribution in [0.2, 0.25) is 0 Å². The van der Waals surface area contributed by atoms with Crippen molar-refractivity contribution in [3.8, 4) is 0 Å². The summed E-state index contributed by atoms with van der Waals surface area (Å²) in [5.41, 5.74) is 2.03. The molecular formula is C21H24N2O2S. The number of benzene rings is 2. The van der Waals surface area contributed by atoms with E-state index in [0.29, 0.717) is 24.7 Å². The highest BCUT2D eigenvalue weighted by Crippen LogP contribution is 2.25. The van der Waals surface area contributed by atoms with Gasteiger partial charge in [0.1, 0.15) is 0 Å². The minimum atomic E-state index is -0.548. The first-order chi connectivity index (χ1) is 12.7. The molecule has 136 valence electrons. The van der Waals surface area contributed by atoms with Gasteiger partial charge in [-0.15, -0.1) is 11.8 Å². The molecule has 2 amide bonds. The van der Waals surface area contributed by atoms with Crippen LogP contribution in [0.4, 0.5) is 5.69 Å². The van der Waals surface area contributed by atoms with Crippen LogP contribution in [0.15, 0.2) is 59.5 Å². The molecule has 0 aliphatic carbocycles. The van der Waals surface area contributed by atoms with Gasteiger partial charge in [-0.05, 0) is 49.1 Å². The van der Waals surface area contributed by atoms with E-state index >= 15 is 0 Å². The number of nitrogens with one attached hydrogen (secondary N) is 1. The highest BCUT2D eigenvalue weighted by atomic mass is 32.2. The van der Waals surface area contributed by atoms with Gasteiger partial charge in [0.15, 0.2) is 0 Å². The summed E-state index contributed by atoms with van der Waals surface area (Å²) in [5.74, 6) is -0.409. The van der Waals surface area contributed by atoms with Gasteiger partial charge >= 0.3 is 11.8 Å². The number of piperidine rings is 1. The van der Waals surface area contributed by atoms with Crippen LogP contribution in [0, 0.1) is 5.92 Å². The van der Waals surface area contributed by atoms with Crippen LogP contribution in [0.1, 0.15) is 18.4 Å². The summed E-state index contributed by atoms with van der Waals surface area (Å²) < 4.78 is 0. The minimum Gasteiger partial charge on any atom is -0.334 e. The van der Waals surface area contributed by atoms with Crippen molar-refractivity contribution in [3.05, 3.63) is 60.2 Å². The Morgan fingerprint density at radius 2 is 1.69 bits per heavy atom. The average molecular weight is 369 g/mol. The van der Waals surface area contributed by atoms with Crippen molar-refractivity contribution in [1.29, 1.82) is 0 Å². The number of hydrogen-bond acceptors (Lipinski definition) is 3. The molecule has 1 heterocycles. The van der Waals surface area contributed by atoms with E-state index in [-0.39, 0.29) is 0 Å². The number of likely N-dealkylation sites (tertiary alicyclic amines) is 1. The van der Waals surface area contributed by atoms with Gasteiger partial charge in [0.25, 0.3) is 0 Å². The van der Waals surface area contributed by atoms with Gasteiger partial charge in [-0.1, -0.05) is 42.5 Å². The molecule has 0 atom stereocenters. The van der Waals surface area contributed by atoms with Gasteiger partial charge < -0.3 is 10.2 Å². The monoisotopic (exact) mass is 368 g/mol. The molecule has 0 spiro atoms. The Morgan fingerprint density at radius 1 is 1.04 bits per heavy atom. The van der Waals surface area contributed by atoms with Crippen LogP contribution in [0.5, 0.6) is 0 Å². The first-order valence-electron chi connectivity index (χ1n) is 8.94. The molecule has 26 heavy (non-hydrogen) atoms. The third-order valence-corrected chi connectivity index (χ3v) is 5.61. The molecular weight excluding hydrogens is 344 g/mol. The lowest BCUT2D eigenvalue weighted by molar-refractivity contribution is -0.144. The first-order valence-corrected chi connectivity index (χ1v) is 10.2. The first kappa shape index (κ1) is 18.5. The zero-order valence-corrected chi connectivity index (χ0v) is 15.8. The highest BCUT2D eigenvalue weighted by Gasteiger charge is 2.27. The van der Waals surface area contributed by atoms with E-state index in [0.717, 1.165) is 24.2 Å². The maximum atomic E-state index is 12.5. The van der Waals surface area contributed by atoms with Crippen molar-refractivity contribution in [2.75, 3.05) is 24.7 Å². The Balaban J connectivity index is 1.52. The molecule has 5 heteroatoms. The fourth-order valence-corrected chi connectivity index (χ4v) is 3.91. The lowest BCUT2D eigenvalue weighted by Crippen LogP contribution is -2.44. The maximum Gasteiger partial charge on any atom is 0.313 e. The van der Waals surface area contributed by atoms with Gasteiger partial charge in [0, 0.05) is 18.0 Å². The predicted molar refractivity (Wildman–Crippen MR) is 106 cm³/mol. The van der Waals surface area contributed by atoms with Gasteiger partial charge in [-0.2, -0.15) is 0 Å². The van der Waals surface area contributed by atoms with Crippen LogP contribution >= 0.6 is 11.8 Å². The van der Waals surface area contributed by atoms with Crippen molar-refractivity contribution >= 4 is 29.3 Å². The number of nitrogens with zero attached hydrogens (tertiary/aromatic N) is 1. The second kappa shape index (κ2) is 8.90.